The van der Waals surface area contributed by atoms with E-state index in [0.717, 1.165) is 25.7 Å². The summed E-state index contributed by atoms with van der Waals surface area (Å²) in [5.74, 6) is 0.435. The number of carbonyl (C=O) groups is 1. The van der Waals surface area contributed by atoms with E-state index in [4.69, 9.17) is 16.5 Å². The van der Waals surface area contributed by atoms with Crippen molar-refractivity contribution in [2.45, 2.75) is 45.1 Å². The highest BCUT2D eigenvalue weighted by atomic mass is 35.5. The first kappa shape index (κ1) is 11.8. The van der Waals surface area contributed by atoms with Crippen LogP contribution in [0.2, 0.25) is 0 Å². The van der Waals surface area contributed by atoms with Crippen LogP contribution in [-0.4, -0.2) is 18.6 Å². The molecular formula is C10H18ClNO2. The van der Waals surface area contributed by atoms with Gasteiger partial charge in [-0.15, -0.1) is 0 Å². The van der Waals surface area contributed by atoms with Crippen LogP contribution < -0.4 is 4.84 Å². The molecule has 4 heteroatoms. The molecule has 1 fully saturated rings. The number of hydrogen-bond acceptors (Lipinski definition) is 3. The summed E-state index contributed by atoms with van der Waals surface area (Å²) in [5, 5.41) is 0. The van der Waals surface area contributed by atoms with E-state index in [9.17, 15) is 4.79 Å². The summed E-state index contributed by atoms with van der Waals surface area (Å²) in [6.07, 6.45) is 4.84. The molecule has 1 saturated carbocycles. The number of nitrogens with one attached hydrogen (secondary N) is 1. The number of carbonyl (C=O) groups excluding carboxylic acids is 1. The second-order valence-corrected chi connectivity index (χ2v) is 4.05. The highest BCUT2D eigenvalue weighted by molar-refractivity contribution is 6.13. The van der Waals surface area contributed by atoms with Crippen molar-refractivity contribution in [3.8, 4) is 0 Å². The van der Waals surface area contributed by atoms with Gasteiger partial charge in [0.25, 0.3) is 0 Å². The molecule has 3 nitrogen and oxygen atoms in total. The summed E-state index contributed by atoms with van der Waals surface area (Å²) in [5.41, 5.74) is 0. The largest absolute Gasteiger partial charge is 0.466 e. The minimum atomic E-state index is -0.0604. The lowest BCUT2D eigenvalue weighted by Crippen LogP contribution is -2.28. The summed E-state index contributed by atoms with van der Waals surface area (Å²) < 4.78 is 4.92. The Labute approximate surface area is 90.3 Å². The second kappa shape index (κ2) is 6.25. The molecule has 0 spiro atoms. The molecule has 0 aromatic carbocycles. The molecule has 82 valence electrons. The van der Waals surface area contributed by atoms with E-state index in [0.29, 0.717) is 25.0 Å². The van der Waals surface area contributed by atoms with Crippen LogP contribution in [-0.2, 0) is 9.53 Å². The summed E-state index contributed by atoms with van der Waals surface area (Å²) in [6.45, 7) is 2.32. The highest BCUT2D eigenvalue weighted by Gasteiger charge is 2.22. The predicted octanol–water partition coefficient (Wildman–Crippen LogP) is 2.24. The molecule has 1 aliphatic carbocycles. The topological polar surface area (TPSA) is 38.3 Å². The summed E-state index contributed by atoms with van der Waals surface area (Å²) in [6, 6.07) is 0.426. The van der Waals surface area contributed by atoms with Gasteiger partial charge in [-0.1, -0.05) is 0 Å². The molecule has 0 atom stereocenters. The number of hydrogen-bond donors (Lipinski definition) is 1. The molecule has 1 rings (SSSR count). The van der Waals surface area contributed by atoms with Gasteiger partial charge in [-0.25, -0.2) is 4.84 Å². The fourth-order valence-corrected chi connectivity index (χ4v) is 2.15. The maximum absolute atomic E-state index is 11.2. The van der Waals surface area contributed by atoms with E-state index in [1.54, 1.807) is 0 Å². The third-order valence-corrected chi connectivity index (χ3v) is 3.07. The van der Waals surface area contributed by atoms with Gasteiger partial charge in [-0.05, 0) is 50.3 Å². The lowest BCUT2D eigenvalue weighted by Gasteiger charge is -2.26. The van der Waals surface area contributed by atoms with Gasteiger partial charge in [0.2, 0.25) is 0 Å². The van der Waals surface area contributed by atoms with Crippen LogP contribution in [0.1, 0.15) is 39.0 Å². The smallest absolute Gasteiger partial charge is 0.306 e. The highest BCUT2D eigenvalue weighted by Crippen LogP contribution is 2.27. The van der Waals surface area contributed by atoms with Crippen LogP contribution in [0.15, 0.2) is 0 Å². The molecule has 0 aromatic heterocycles. The van der Waals surface area contributed by atoms with E-state index in [-0.39, 0.29) is 5.97 Å². The van der Waals surface area contributed by atoms with Gasteiger partial charge >= 0.3 is 5.97 Å². The minimum absolute atomic E-state index is 0.0604. The van der Waals surface area contributed by atoms with E-state index in [1.165, 1.54) is 0 Å². The fourth-order valence-electron chi connectivity index (χ4n) is 1.93. The van der Waals surface area contributed by atoms with Crippen molar-refractivity contribution in [3.63, 3.8) is 0 Å². The Hall–Kier alpha value is -0.280. The third-order valence-electron chi connectivity index (χ3n) is 2.76. The standard InChI is InChI=1S/C10H18ClNO2/c1-2-14-10(13)7-8-3-5-9(12-11)6-4-8/h8-9,12H,2-7H2,1H3/t8-,9-. The van der Waals surface area contributed by atoms with Crippen molar-refractivity contribution in [2.75, 3.05) is 6.61 Å². The fraction of sp³-hybridized carbons (Fsp3) is 0.900. The molecule has 0 amide bonds. The molecule has 0 aliphatic heterocycles. The average molecular weight is 220 g/mol. The lowest BCUT2D eigenvalue weighted by atomic mass is 9.84. The monoisotopic (exact) mass is 219 g/mol. The molecule has 0 aromatic rings. The second-order valence-electron chi connectivity index (χ2n) is 3.84. The Kier molecular flexibility index (Phi) is 5.26. The maximum Gasteiger partial charge on any atom is 0.306 e. The van der Waals surface area contributed by atoms with Crippen molar-refractivity contribution in [2.24, 2.45) is 5.92 Å². The van der Waals surface area contributed by atoms with Crippen LogP contribution in [0.5, 0.6) is 0 Å². The molecule has 0 saturated heterocycles. The van der Waals surface area contributed by atoms with Crippen LogP contribution in [0, 0.1) is 5.92 Å². The zero-order valence-corrected chi connectivity index (χ0v) is 9.35. The molecule has 1 N–H and O–H groups in total. The maximum atomic E-state index is 11.2. The molecule has 14 heavy (non-hydrogen) atoms. The average Bonchev–Trinajstić information content (AvgIpc) is 2.19. The van der Waals surface area contributed by atoms with Gasteiger partial charge in [0, 0.05) is 12.5 Å². The lowest BCUT2D eigenvalue weighted by molar-refractivity contribution is -0.144. The number of ether oxygens (including phenoxy) is 1. The first-order valence-electron chi connectivity index (χ1n) is 5.28. The van der Waals surface area contributed by atoms with Crippen molar-refractivity contribution in [3.05, 3.63) is 0 Å². The Morgan fingerprint density at radius 3 is 2.57 bits per heavy atom. The van der Waals surface area contributed by atoms with E-state index in [1.807, 2.05) is 6.92 Å². The predicted molar refractivity (Wildman–Crippen MR) is 56.0 cm³/mol. The van der Waals surface area contributed by atoms with Gasteiger partial charge in [-0.3, -0.25) is 4.79 Å². The molecular weight excluding hydrogens is 202 g/mol. The summed E-state index contributed by atoms with van der Waals surface area (Å²) in [7, 11) is 0. The van der Waals surface area contributed by atoms with E-state index >= 15 is 0 Å². The third kappa shape index (κ3) is 3.84. The van der Waals surface area contributed by atoms with Gasteiger partial charge < -0.3 is 4.74 Å². The van der Waals surface area contributed by atoms with Crippen LogP contribution in [0.3, 0.4) is 0 Å². The molecule has 0 radical (unpaired) electrons. The van der Waals surface area contributed by atoms with Crippen LogP contribution >= 0.6 is 11.8 Å². The summed E-state index contributed by atoms with van der Waals surface area (Å²) >= 11 is 5.54. The number of rotatable bonds is 4. The van der Waals surface area contributed by atoms with Gasteiger partial charge in [0.05, 0.1) is 6.61 Å². The number of esters is 1. The van der Waals surface area contributed by atoms with Gasteiger partial charge in [0.15, 0.2) is 0 Å². The van der Waals surface area contributed by atoms with E-state index < -0.39 is 0 Å². The Balaban J connectivity index is 2.18. The first-order valence-corrected chi connectivity index (χ1v) is 5.65. The minimum Gasteiger partial charge on any atom is -0.466 e. The summed E-state index contributed by atoms with van der Waals surface area (Å²) in [4.78, 5) is 14.0. The van der Waals surface area contributed by atoms with Crippen LogP contribution in [0.25, 0.3) is 0 Å². The normalized spacial score (nSPS) is 27.3. The van der Waals surface area contributed by atoms with Crippen molar-refractivity contribution >= 4 is 17.7 Å². The molecule has 0 unspecified atom stereocenters. The Morgan fingerprint density at radius 2 is 2.07 bits per heavy atom. The van der Waals surface area contributed by atoms with Crippen LogP contribution in [0.4, 0.5) is 0 Å². The first-order chi connectivity index (χ1) is 6.76. The molecule has 1 aliphatic rings. The Morgan fingerprint density at radius 1 is 1.43 bits per heavy atom. The van der Waals surface area contributed by atoms with Crippen molar-refractivity contribution in [1.82, 2.24) is 4.84 Å². The zero-order valence-electron chi connectivity index (χ0n) is 8.59. The van der Waals surface area contributed by atoms with E-state index in [2.05, 4.69) is 4.84 Å². The molecule has 0 bridgehead atoms. The quantitative estimate of drug-likeness (QED) is 0.582. The van der Waals surface area contributed by atoms with Crippen molar-refractivity contribution in [1.29, 1.82) is 0 Å². The van der Waals surface area contributed by atoms with Crippen molar-refractivity contribution < 1.29 is 9.53 Å². The Bertz CT molecular complexity index is 179. The number of halogens is 1. The van der Waals surface area contributed by atoms with Gasteiger partial charge in [0.1, 0.15) is 0 Å². The zero-order chi connectivity index (χ0) is 10.4. The molecule has 0 heterocycles. The van der Waals surface area contributed by atoms with Gasteiger partial charge in [-0.2, -0.15) is 0 Å². The SMILES string of the molecule is CCOC(=O)C[C@H]1CC[C@H](NCl)CC1.